The van der Waals surface area contributed by atoms with Gasteiger partial charge < -0.3 is 14.6 Å². The van der Waals surface area contributed by atoms with Gasteiger partial charge in [0.15, 0.2) is 0 Å². The summed E-state index contributed by atoms with van der Waals surface area (Å²) in [6.07, 6.45) is 1.05. The van der Waals surface area contributed by atoms with Crippen molar-refractivity contribution in [3.63, 3.8) is 0 Å². The predicted molar refractivity (Wildman–Crippen MR) is 71.7 cm³/mol. The van der Waals surface area contributed by atoms with E-state index in [0.717, 1.165) is 25.3 Å². The van der Waals surface area contributed by atoms with Crippen molar-refractivity contribution in [1.82, 2.24) is 9.88 Å². The lowest BCUT2D eigenvalue weighted by molar-refractivity contribution is 0.282. The molecule has 0 amide bonds. The molecule has 0 fully saturated rings. The number of nitrogens with zero attached hydrogens (tertiary/aromatic N) is 1. The van der Waals surface area contributed by atoms with Crippen LogP contribution in [-0.4, -0.2) is 37.1 Å². The minimum absolute atomic E-state index is 0.771. The van der Waals surface area contributed by atoms with Gasteiger partial charge in [0, 0.05) is 23.1 Å². The van der Waals surface area contributed by atoms with Gasteiger partial charge in [0.1, 0.15) is 5.75 Å². The normalized spacial score (nSPS) is 11.3. The molecule has 1 aromatic heterocycles. The second kappa shape index (κ2) is 5.23. The van der Waals surface area contributed by atoms with Crippen LogP contribution in [0.3, 0.4) is 0 Å². The Bertz CT molecular complexity index is 488. The third-order valence-electron chi connectivity index (χ3n) is 2.75. The van der Waals surface area contributed by atoms with Gasteiger partial charge in [-0.05, 0) is 51.7 Å². The average molecular weight is 232 g/mol. The Morgan fingerprint density at radius 2 is 2.06 bits per heavy atom. The highest BCUT2D eigenvalue weighted by Crippen LogP contribution is 2.21. The molecule has 0 unspecified atom stereocenters. The van der Waals surface area contributed by atoms with Gasteiger partial charge in [0.2, 0.25) is 0 Å². The van der Waals surface area contributed by atoms with Gasteiger partial charge in [-0.25, -0.2) is 0 Å². The number of H-pyrrole nitrogens is 1. The molecule has 0 saturated carbocycles. The van der Waals surface area contributed by atoms with E-state index in [1.807, 2.05) is 6.07 Å². The molecular weight excluding hydrogens is 212 g/mol. The Labute approximate surface area is 102 Å². The Kier molecular flexibility index (Phi) is 3.69. The summed E-state index contributed by atoms with van der Waals surface area (Å²) in [7, 11) is 4.16. The molecule has 3 nitrogen and oxygen atoms in total. The number of hydrogen-bond acceptors (Lipinski definition) is 2. The maximum atomic E-state index is 5.73. The van der Waals surface area contributed by atoms with Crippen LogP contribution in [0.1, 0.15) is 12.1 Å². The molecule has 2 rings (SSSR count). The molecule has 0 aliphatic carbocycles. The van der Waals surface area contributed by atoms with Crippen LogP contribution in [-0.2, 0) is 0 Å². The van der Waals surface area contributed by atoms with E-state index in [-0.39, 0.29) is 0 Å². The van der Waals surface area contributed by atoms with E-state index in [2.05, 4.69) is 49.1 Å². The SMILES string of the molecule is Cc1cc2cc(OCCCN(C)C)ccc2[nH]1. The van der Waals surface area contributed by atoms with Crippen molar-refractivity contribution in [2.75, 3.05) is 27.2 Å². The van der Waals surface area contributed by atoms with E-state index in [4.69, 9.17) is 4.74 Å². The Balaban J connectivity index is 1.94. The van der Waals surface area contributed by atoms with E-state index >= 15 is 0 Å². The fraction of sp³-hybridized carbons (Fsp3) is 0.429. The Hall–Kier alpha value is -1.48. The molecule has 3 heteroatoms. The quantitative estimate of drug-likeness (QED) is 0.803. The zero-order valence-corrected chi connectivity index (χ0v) is 10.8. The summed E-state index contributed by atoms with van der Waals surface area (Å²) in [6, 6.07) is 8.33. The minimum Gasteiger partial charge on any atom is -0.494 e. The number of aromatic amines is 1. The van der Waals surface area contributed by atoms with Crippen molar-refractivity contribution in [3.05, 3.63) is 30.0 Å². The van der Waals surface area contributed by atoms with Crippen LogP contribution in [0.5, 0.6) is 5.75 Å². The monoisotopic (exact) mass is 232 g/mol. The Morgan fingerprint density at radius 1 is 1.24 bits per heavy atom. The van der Waals surface area contributed by atoms with Gasteiger partial charge in [0.25, 0.3) is 0 Å². The summed E-state index contributed by atoms with van der Waals surface area (Å²) in [5, 5.41) is 1.22. The van der Waals surface area contributed by atoms with Crippen molar-refractivity contribution >= 4 is 10.9 Å². The molecule has 0 radical (unpaired) electrons. The summed E-state index contributed by atoms with van der Waals surface area (Å²) >= 11 is 0. The maximum Gasteiger partial charge on any atom is 0.120 e. The smallest absolute Gasteiger partial charge is 0.120 e. The molecule has 0 saturated heterocycles. The summed E-state index contributed by atoms with van der Waals surface area (Å²) in [4.78, 5) is 5.47. The Morgan fingerprint density at radius 3 is 2.82 bits per heavy atom. The zero-order chi connectivity index (χ0) is 12.3. The topological polar surface area (TPSA) is 28.3 Å². The van der Waals surface area contributed by atoms with E-state index in [9.17, 15) is 0 Å². The van der Waals surface area contributed by atoms with Crippen LogP contribution in [0.4, 0.5) is 0 Å². The first-order valence-electron chi connectivity index (χ1n) is 6.02. The van der Waals surface area contributed by atoms with E-state index in [1.165, 1.54) is 16.6 Å². The summed E-state index contributed by atoms with van der Waals surface area (Å²) in [6.45, 7) is 3.90. The number of fused-ring (bicyclic) bond motifs is 1. The standard InChI is InChI=1S/C14H20N2O/c1-11-9-12-10-13(5-6-14(12)15-11)17-8-4-7-16(2)3/h5-6,9-10,15H,4,7-8H2,1-3H3. The van der Waals surface area contributed by atoms with Crippen molar-refractivity contribution in [3.8, 4) is 5.75 Å². The molecule has 0 atom stereocenters. The molecule has 1 aromatic carbocycles. The fourth-order valence-electron chi connectivity index (χ4n) is 1.92. The molecule has 17 heavy (non-hydrogen) atoms. The van der Waals surface area contributed by atoms with Crippen LogP contribution in [0.15, 0.2) is 24.3 Å². The fourth-order valence-corrected chi connectivity index (χ4v) is 1.92. The van der Waals surface area contributed by atoms with E-state index in [0.29, 0.717) is 0 Å². The maximum absolute atomic E-state index is 5.73. The number of aryl methyl sites for hydroxylation is 1. The first kappa shape index (κ1) is 12.0. The van der Waals surface area contributed by atoms with Crippen LogP contribution in [0.2, 0.25) is 0 Å². The molecule has 0 aliphatic heterocycles. The molecular formula is C14H20N2O. The van der Waals surface area contributed by atoms with Gasteiger partial charge >= 0.3 is 0 Å². The number of ether oxygens (including phenoxy) is 1. The highest BCUT2D eigenvalue weighted by molar-refractivity contribution is 5.81. The van der Waals surface area contributed by atoms with Crippen molar-refractivity contribution < 1.29 is 4.74 Å². The van der Waals surface area contributed by atoms with Crippen LogP contribution in [0.25, 0.3) is 10.9 Å². The highest BCUT2D eigenvalue weighted by atomic mass is 16.5. The molecule has 0 aliphatic rings. The van der Waals surface area contributed by atoms with Gasteiger partial charge in [0.05, 0.1) is 6.61 Å². The molecule has 92 valence electrons. The largest absolute Gasteiger partial charge is 0.494 e. The van der Waals surface area contributed by atoms with Crippen molar-refractivity contribution in [2.24, 2.45) is 0 Å². The van der Waals surface area contributed by atoms with Crippen LogP contribution >= 0.6 is 0 Å². The summed E-state index contributed by atoms with van der Waals surface area (Å²) in [5.41, 5.74) is 2.35. The molecule has 0 spiro atoms. The number of aromatic nitrogens is 1. The minimum atomic E-state index is 0.771. The van der Waals surface area contributed by atoms with E-state index < -0.39 is 0 Å². The number of rotatable bonds is 5. The highest BCUT2D eigenvalue weighted by Gasteiger charge is 2.00. The summed E-state index contributed by atoms with van der Waals surface area (Å²) in [5.74, 6) is 0.954. The van der Waals surface area contributed by atoms with Crippen molar-refractivity contribution in [1.29, 1.82) is 0 Å². The van der Waals surface area contributed by atoms with Gasteiger partial charge in [-0.1, -0.05) is 0 Å². The first-order chi connectivity index (χ1) is 8.15. The number of nitrogens with one attached hydrogen (secondary N) is 1. The average Bonchev–Trinajstić information content (AvgIpc) is 2.63. The predicted octanol–water partition coefficient (Wildman–Crippen LogP) is 2.81. The van der Waals surface area contributed by atoms with Crippen LogP contribution in [0, 0.1) is 6.92 Å². The molecule has 0 bridgehead atoms. The lowest BCUT2D eigenvalue weighted by atomic mass is 10.2. The number of hydrogen-bond donors (Lipinski definition) is 1. The molecule has 2 aromatic rings. The third kappa shape index (κ3) is 3.24. The third-order valence-corrected chi connectivity index (χ3v) is 2.75. The lowest BCUT2D eigenvalue weighted by Crippen LogP contribution is -2.15. The van der Waals surface area contributed by atoms with Gasteiger partial charge in [-0.2, -0.15) is 0 Å². The van der Waals surface area contributed by atoms with Gasteiger partial charge in [-0.3, -0.25) is 0 Å². The summed E-state index contributed by atoms with van der Waals surface area (Å²) < 4.78 is 5.73. The molecule has 1 heterocycles. The van der Waals surface area contributed by atoms with Crippen molar-refractivity contribution in [2.45, 2.75) is 13.3 Å². The second-order valence-electron chi connectivity index (χ2n) is 4.71. The van der Waals surface area contributed by atoms with E-state index in [1.54, 1.807) is 0 Å². The first-order valence-corrected chi connectivity index (χ1v) is 6.02. The lowest BCUT2D eigenvalue weighted by Gasteiger charge is -2.10. The van der Waals surface area contributed by atoms with Gasteiger partial charge in [-0.15, -0.1) is 0 Å². The van der Waals surface area contributed by atoms with Crippen LogP contribution < -0.4 is 4.74 Å². The molecule has 1 N–H and O–H groups in total. The zero-order valence-electron chi connectivity index (χ0n) is 10.8. The number of benzene rings is 1. The second-order valence-corrected chi connectivity index (χ2v) is 4.71.